The Morgan fingerprint density at radius 1 is 1.10 bits per heavy atom. The molecule has 1 aromatic carbocycles. The zero-order chi connectivity index (χ0) is 43.4. The van der Waals surface area contributed by atoms with Gasteiger partial charge in [0.05, 0.1) is 35.6 Å². The maximum atomic E-state index is 12.4. The highest BCUT2D eigenvalue weighted by molar-refractivity contribution is 7.94. The van der Waals surface area contributed by atoms with Crippen molar-refractivity contribution in [1.29, 1.82) is 0 Å². The molecule has 7 rings (SSSR count). The van der Waals surface area contributed by atoms with E-state index in [9.17, 15) is 19.2 Å². The number of pyridine rings is 1. The molecule has 3 aromatic rings. The Bertz CT molecular complexity index is 1850. The number of carbonyl (C=O) groups excluding carboxylic acids is 3. The van der Waals surface area contributed by atoms with Crippen molar-refractivity contribution < 1.29 is 38.6 Å². The number of carbonyl (C=O) groups is 3. The number of unbranched alkanes of at least 4 members (excludes halogenated alkanes) is 5. The number of nitrogens with one attached hydrogen (secondary N) is 4. The molecule has 1 unspecified atom stereocenters. The lowest BCUT2D eigenvalue weighted by Crippen LogP contribution is -2.47. The van der Waals surface area contributed by atoms with E-state index in [4.69, 9.17) is 14.5 Å². The molecule has 15 nitrogen and oxygen atoms in total. The highest BCUT2D eigenvalue weighted by atomic mass is 32.2. The lowest BCUT2D eigenvalue weighted by Gasteiger charge is -2.19. The van der Waals surface area contributed by atoms with Crippen LogP contribution < -0.4 is 38.2 Å². The first-order chi connectivity index (χ1) is 28.4. The fourth-order valence-electron chi connectivity index (χ4n) is 6.43. The SMILES string of the molecule is CNC(C)(C)C.COc1ccc2c(=O)cc(-c3nc(C4CC4)cs3)[nH]c2c1C.N.NO.O.O=CCCCCCC/C=C\[C@H]1CC1(CC=O)NC(=O)[C@@H]1CCCN1.OSC1CC1.[HH].[HH].[HH]. The summed E-state index contributed by atoms with van der Waals surface area (Å²) in [4.78, 5) is 53.9. The van der Waals surface area contributed by atoms with Crippen molar-refractivity contribution in [3.05, 3.63) is 57.2 Å². The third-order valence-electron chi connectivity index (χ3n) is 10.7. The molecule has 3 aliphatic carbocycles. The number of rotatable bonds is 16. The highest BCUT2D eigenvalue weighted by Gasteiger charge is 2.53. The average Bonchev–Trinajstić information content (AvgIpc) is 4.21. The van der Waals surface area contributed by atoms with Crippen LogP contribution in [-0.2, 0) is 14.4 Å². The van der Waals surface area contributed by atoms with Crippen LogP contribution in [0.4, 0.5) is 0 Å². The first kappa shape index (κ1) is 55.5. The maximum absolute atomic E-state index is 12.4. The Morgan fingerprint density at radius 3 is 2.30 bits per heavy atom. The number of amides is 1. The van der Waals surface area contributed by atoms with Gasteiger partial charge in [-0.25, -0.2) is 10.9 Å². The number of allylic oxidation sites excluding steroid dienone is 1. The summed E-state index contributed by atoms with van der Waals surface area (Å²) < 4.78 is 13.5. The second-order valence-electron chi connectivity index (χ2n) is 16.6. The number of fused-ring (bicyclic) bond motifs is 1. The standard InChI is InChI=1S/C19H30N2O3.C17H16N2O2S.C5H13N.C3H6OS.H3NO.H3N.H2O.3H2/c22-13-7-5-3-1-2-4-6-9-16-15-19(16,11-14-23)21-18(24)17-10-8-12-20-17;1-9-15(21-2)6-5-11-14(20)7-12(18-16(9)11)17-19-13(8-22-17)10-3-4-10;1-5(2,3)6-4;4-5-3-1-2-3;1-2;;;;;/h6,9,13-14,16-17,20H,1-5,7-8,10-12,15H2,(H,21,24);5-8,10H,3-4H2,1-2H3,(H,18,20);6H,1-4H3;3-4H,1-2H2;2H,1H2;1H3;1H2;3*1H/b9-6-;;;;;;;;;/t16-,17-,19?;;;;;;;;;/m0........./s1. The molecule has 1 amide bonds. The van der Waals surface area contributed by atoms with Gasteiger partial charge in [-0.15, -0.1) is 11.3 Å². The predicted molar refractivity (Wildman–Crippen MR) is 256 cm³/mol. The summed E-state index contributed by atoms with van der Waals surface area (Å²) >= 11 is 2.58. The number of hydrogen-bond acceptors (Lipinski definition) is 14. The van der Waals surface area contributed by atoms with Gasteiger partial charge in [-0.05, 0) is 130 Å². The predicted octanol–water partition coefficient (Wildman–Crippen LogP) is 7.91. The van der Waals surface area contributed by atoms with E-state index in [0.717, 1.165) is 116 Å². The Labute approximate surface area is 374 Å². The Hall–Kier alpha value is -3.52. The summed E-state index contributed by atoms with van der Waals surface area (Å²) in [7, 11) is 3.60. The van der Waals surface area contributed by atoms with Crippen molar-refractivity contribution in [2.75, 3.05) is 20.7 Å². The van der Waals surface area contributed by atoms with Crippen molar-refractivity contribution in [1.82, 2.24) is 32.1 Å². The molecule has 1 aliphatic heterocycles. The number of nitrogens with zero attached hydrogens (tertiary/aromatic N) is 1. The molecule has 3 atom stereocenters. The maximum Gasteiger partial charge on any atom is 0.237 e. The minimum Gasteiger partial charge on any atom is -0.496 e. The number of benzene rings is 1. The molecule has 0 bridgehead atoms. The molecule has 2 aromatic heterocycles. The normalized spacial score (nSPS) is 19.8. The molecule has 13 N–H and O–H groups in total. The lowest BCUT2D eigenvalue weighted by atomic mass is 10.1. The quantitative estimate of drug-likeness (QED) is 0.0223. The molecule has 61 heavy (non-hydrogen) atoms. The van der Waals surface area contributed by atoms with Crippen molar-refractivity contribution in [2.24, 2.45) is 11.8 Å². The van der Waals surface area contributed by atoms with Crippen molar-refractivity contribution in [2.45, 2.75) is 146 Å². The van der Waals surface area contributed by atoms with Gasteiger partial charge >= 0.3 is 0 Å². The number of hydrogen-bond donors (Lipinski definition) is 8. The summed E-state index contributed by atoms with van der Waals surface area (Å²) in [5.41, 5.74) is 3.67. The van der Waals surface area contributed by atoms with Gasteiger partial charge in [0.1, 0.15) is 23.3 Å². The minimum atomic E-state index is -0.344. The third kappa shape index (κ3) is 18.8. The molecule has 3 heterocycles. The molecule has 0 radical (unpaired) electrons. The van der Waals surface area contributed by atoms with Crippen LogP contribution in [0, 0.1) is 12.8 Å². The van der Waals surface area contributed by atoms with Crippen molar-refractivity contribution >= 4 is 52.8 Å². The molecule has 350 valence electrons. The second-order valence-corrected chi connectivity index (χ2v) is 18.3. The molecular formula is C44H79N7O8S2. The number of aryl methyl sites for hydroxylation is 1. The summed E-state index contributed by atoms with van der Waals surface area (Å²) in [6, 6.07) is 5.19. The van der Waals surface area contributed by atoms with E-state index in [-0.39, 0.29) is 44.7 Å². The van der Waals surface area contributed by atoms with E-state index in [2.05, 4.69) is 70.1 Å². The topological polar surface area (TPSA) is 275 Å². The van der Waals surface area contributed by atoms with Gasteiger partial charge in [-0.1, -0.05) is 25.0 Å². The molecule has 17 heteroatoms. The summed E-state index contributed by atoms with van der Waals surface area (Å²) in [6.45, 7) is 9.25. The van der Waals surface area contributed by atoms with Crippen LogP contribution >= 0.6 is 23.4 Å². The first-order valence-corrected chi connectivity index (χ1v) is 22.6. The number of H-pyrrole nitrogens is 1. The number of methoxy groups -OCH3 is 1. The van der Waals surface area contributed by atoms with E-state index in [1.807, 2.05) is 20.0 Å². The van der Waals surface area contributed by atoms with Crippen LogP contribution in [0.5, 0.6) is 5.75 Å². The fourth-order valence-corrected chi connectivity index (χ4v) is 7.65. The number of aromatic amines is 1. The third-order valence-corrected chi connectivity index (χ3v) is 12.4. The van der Waals surface area contributed by atoms with Crippen LogP contribution in [0.15, 0.2) is 40.5 Å². The van der Waals surface area contributed by atoms with Crippen LogP contribution in [0.2, 0.25) is 0 Å². The van der Waals surface area contributed by atoms with Gasteiger partial charge in [-0.2, -0.15) is 0 Å². The largest absolute Gasteiger partial charge is 0.496 e. The molecular weight excluding hydrogens is 819 g/mol. The minimum absolute atomic E-state index is 0. The molecule has 1 saturated heterocycles. The van der Waals surface area contributed by atoms with Crippen molar-refractivity contribution in [3.63, 3.8) is 0 Å². The van der Waals surface area contributed by atoms with Gasteiger partial charge in [0.15, 0.2) is 5.43 Å². The van der Waals surface area contributed by atoms with Gasteiger partial charge in [0, 0.05) is 62.1 Å². The summed E-state index contributed by atoms with van der Waals surface area (Å²) in [5, 5.41) is 20.2. The average molecular weight is 898 g/mol. The highest BCUT2D eigenvalue weighted by Crippen LogP contribution is 2.47. The molecule has 0 spiro atoms. The second kappa shape index (κ2) is 28.2. The molecule has 3 saturated carbocycles. The van der Waals surface area contributed by atoms with Gasteiger partial charge < -0.3 is 56.6 Å². The van der Waals surface area contributed by atoms with Crippen LogP contribution in [0.25, 0.3) is 21.6 Å². The number of nitrogens with two attached hydrogens (primary N) is 1. The lowest BCUT2D eigenvalue weighted by molar-refractivity contribution is -0.124. The number of aromatic nitrogens is 2. The van der Waals surface area contributed by atoms with E-state index >= 15 is 0 Å². The number of thiazole rings is 1. The summed E-state index contributed by atoms with van der Waals surface area (Å²) in [5.74, 6) is 5.22. The van der Waals surface area contributed by atoms with Gasteiger partial charge in [0.2, 0.25) is 5.91 Å². The number of ether oxygens (including phenoxy) is 1. The molecule has 4 aliphatic rings. The van der Waals surface area contributed by atoms with Gasteiger partial charge in [-0.3, -0.25) is 9.59 Å². The van der Waals surface area contributed by atoms with Gasteiger partial charge in [0.25, 0.3) is 0 Å². The Balaban J connectivity index is -0.000000858. The van der Waals surface area contributed by atoms with E-state index < -0.39 is 0 Å². The van der Waals surface area contributed by atoms with Crippen LogP contribution in [0.1, 0.15) is 132 Å². The van der Waals surface area contributed by atoms with Crippen molar-refractivity contribution in [3.8, 4) is 16.5 Å². The van der Waals surface area contributed by atoms with Crippen LogP contribution in [-0.4, -0.2) is 86.8 Å². The molecule has 4 fully saturated rings. The zero-order valence-electron chi connectivity index (χ0n) is 37.0. The van der Waals surface area contributed by atoms with E-state index in [1.165, 1.54) is 25.7 Å². The smallest absolute Gasteiger partial charge is 0.237 e. The first-order valence-electron chi connectivity index (χ1n) is 20.9. The monoisotopic (exact) mass is 898 g/mol. The van der Waals surface area contributed by atoms with E-state index in [0.29, 0.717) is 34.9 Å². The zero-order valence-corrected chi connectivity index (χ0v) is 38.7. The fraction of sp³-hybridized carbons (Fsp3) is 0.614. The Morgan fingerprint density at radius 2 is 1.77 bits per heavy atom. The summed E-state index contributed by atoms with van der Waals surface area (Å²) in [6.07, 6.45) is 20.4. The van der Waals surface area contributed by atoms with E-state index in [1.54, 1.807) is 30.6 Å². The Kier molecular flexibility index (Phi) is 25.7. The number of aldehydes is 2. The van der Waals surface area contributed by atoms with Crippen LogP contribution in [0.3, 0.4) is 0 Å².